The monoisotopic (exact) mass is 321 g/mol. The van der Waals surface area contributed by atoms with Gasteiger partial charge >= 0.3 is 5.97 Å². The number of aromatic carboxylic acids is 1. The molecule has 0 aliphatic carbocycles. The lowest BCUT2D eigenvalue weighted by molar-refractivity contribution is 0.0693. The molecule has 0 unspecified atom stereocenters. The minimum absolute atomic E-state index is 0.0373. The summed E-state index contributed by atoms with van der Waals surface area (Å²) in [6.45, 7) is 6.77. The number of fused-ring (bicyclic) bond motifs is 3. The van der Waals surface area contributed by atoms with E-state index in [9.17, 15) is 14.7 Å². The van der Waals surface area contributed by atoms with Crippen LogP contribution < -0.4 is 5.43 Å². The lowest BCUT2D eigenvalue weighted by Gasteiger charge is -2.38. The molecule has 0 amide bonds. The fourth-order valence-electron chi connectivity index (χ4n) is 2.86. The number of carboxylic acid groups (broad SMARTS) is 1. The smallest absolute Gasteiger partial charge is 0.341 e. The third kappa shape index (κ3) is 2.14. The Kier molecular flexibility index (Phi) is 3.18. The molecular formula is C15H16ClN3O3. The van der Waals surface area contributed by atoms with E-state index in [0.29, 0.717) is 23.0 Å². The van der Waals surface area contributed by atoms with Crippen LogP contribution in [-0.2, 0) is 6.54 Å². The molecule has 2 aromatic rings. The molecule has 0 aromatic carbocycles. The van der Waals surface area contributed by atoms with Gasteiger partial charge in [-0.15, -0.1) is 0 Å². The number of hydrogen-bond donors (Lipinski definition) is 1. The number of aromatic nitrogens is 3. The van der Waals surface area contributed by atoms with E-state index in [0.717, 1.165) is 0 Å². The summed E-state index contributed by atoms with van der Waals surface area (Å²) in [5.41, 5.74) is 0.342. The number of carboxylic acids is 1. The van der Waals surface area contributed by atoms with Gasteiger partial charge in [0.1, 0.15) is 11.3 Å². The zero-order valence-corrected chi connectivity index (χ0v) is 13.3. The largest absolute Gasteiger partial charge is 0.477 e. The lowest BCUT2D eigenvalue weighted by atomic mass is 9.85. The molecule has 0 saturated carbocycles. The summed E-state index contributed by atoms with van der Waals surface area (Å²) in [6.07, 6.45) is 2.96. The van der Waals surface area contributed by atoms with Gasteiger partial charge in [0.15, 0.2) is 5.43 Å². The standard InChI is InChI=1S/C15H16ClN3O3/c1-15(2,3)12-7-19-13(9(16)5-17-19)10-4-11(20)8(14(21)22)6-18(10)12/h4-6,12H,7H2,1-3H3,(H,21,22)/t12-/m0/s1. The normalized spacial score (nSPS) is 17.0. The van der Waals surface area contributed by atoms with Gasteiger partial charge in [-0.05, 0) is 5.41 Å². The molecule has 0 radical (unpaired) electrons. The van der Waals surface area contributed by atoms with Gasteiger partial charge < -0.3 is 9.67 Å². The highest BCUT2D eigenvalue weighted by Crippen LogP contribution is 2.41. The fourth-order valence-corrected chi connectivity index (χ4v) is 3.09. The molecule has 0 spiro atoms. The van der Waals surface area contributed by atoms with Crippen molar-refractivity contribution in [2.24, 2.45) is 5.41 Å². The van der Waals surface area contributed by atoms with Crippen LogP contribution in [0.3, 0.4) is 0 Å². The van der Waals surface area contributed by atoms with E-state index in [1.54, 1.807) is 10.9 Å². The summed E-state index contributed by atoms with van der Waals surface area (Å²) < 4.78 is 3.61. The zero-order valence-electron chi connectivity index (χ0n) is 12.5. The first-order chi connectivity index (χ1) is 10.2. The van der Waals surface area contributed by atoms with Crippen LogP contribution in [0, 0.1) is 5.41 Å². The Morgan fingerprint density at radius 3 is 2.73 bits per heavy atom. The van der Waals surface area contributed by atoms with Gasteiger partial charge in [-0.2, -0.15) is 5.10 Å². The molecule has 0 fully saturated rings. The lowest BCUT2D eigenvalue weighted by Crippen LogP contribution is -2.35. The first kappa shape index (κ1) is 14.8. The Hall–Kier alpha value is -2.08. The summed E-state index contributed by atoms with van der Waals surface area (Å²) >= 11 is 6.19. The van der Waals surface area contributed by atoms with Crippen molar-refractivity contribution in [2.75, 3.05) is 0 Å². The summed E-state index contributed by atoms with van der Waals surface area (Å²) in [7, 11) is 0. The average molecular weight is 322 g/mol. The van der Waals surface area contributed by atoms with Crippen LogP contribution in [0.5, 0.6) is 0 Å². The highest BCUT2D eigenvalue weighted by Gasteiger charge is 2.34. The Morgan fingerprint density at radius 1 is 1.45 bits per heavy atom. The number of carbonyl (C=O) groups is 1. The van der Waals surface area contributed by atoms with Crippen LogP contribution in [0.2, 0.25) is 5.02 Å². The Labute approximate surface area is 131 Å². The molecule has 0 bridgehead atoms. The maximum atomic E-state index is 12.1. The second kappa shape index (κ2) is 4.71. The van der Waals surface area contributed by atoms with E-state index in [1.165, 1.54) is 12.3 Å². The predicted octanol–water partition coefficient (Wildman–Crippen LogP) is 2.66. The third-order valence-electron chi connectivity index (χ3n) is 4.03. The Bertz CT molecular complexity index is 830. The van der Waals surface area contributed by atoms with E-state index < -0.39 is 11.4 Å². The molecule has 2 aromatic heterocycles. The highest BCUT2D eigenvalue weighted by molar-refractivity contribution is 6.33. The Balaban J connectivity index is 2.34. The van der Waals surface area contributed by atoms with Crippen LogP contribution in [0.1, 0.15) is 37.2 Å². The summed E-state index contributed by atoms with van der Waals surface area (Å²) in [6, 6.07) is 1.30. The number of rotatable bonds is 1. The van der Waals surface area contributed by atoms with E-state index in [-0.39, 0.29) is 17.0 Å². The third-order valence-corrected chi connectivity index (χ3v) is 4.31. The van der Waals surface area contributed by atoms with Crippen molar-refractivity contribution >= 4 is 17.6 Å². The van der Waals surface area contributed by atoms with Crippen molar-refractivity contribution in [3.63, 3.8) is 0 Å². The molecule has 1 aliphatic heterocycles. The minimum Gasteiger partial charge on any atom is -0.477 e. The van der Waals surface area contributed by atoms with Crippen molar-refractivity contribution in [2.45, 2.75) is 33.4 Å². The topological polar surface area (TPSA) is 77.1 Å². The number of hydrogen-bond acceptors (Lipinski definition) is 3. The maximum Gasteiger partial charge on any atom is 0.341 e. The van der Waals surface area contributed by atoms with Crippen LogP contribution in [-0.4, -0.2) is 25.4 Å². The predicted molar refractivity (Wildman–Crippen MR) is 82.4 cm³/mol. The molecule has 3 rings (SSSR count). The van der Waals surface area contributed by atoms with Gasteiger partial charge in [0.2, 0.25) is 0 Å². The van der Waals surface area contributed by atoms with Crippen LogP contribution in [0.15, 0.2) is 23.3 Å². The summed E-state index contributed by atoms with van der Waals surface area (Å²) in [5.74, 6) is -1.22. The van der Waals surface area contributed by atoms with E-state index in [2.05, 4.69) is 25.9 Å². The molecule has 1 atom stereocenters. The van der Waals surface area contributed by atoms with E-state index in [4.69, 9.17) is 11.6 Å². The fraction of sp³-hybridized carbons (Fsp3) is 0.400. The zero-order chi connectivity index (χ0) is 16.2. The van der Waals surface area contributed by atoms with Gasteiger partial charge in [-0.25, -0.2) is 4.79 Å². The van der Waals surface area contributed by atoms with Crippen LogP contribution >= 0.6 is 11.6 Å². The van der Waals surface area contributed by atoms with Gasteiger partial charge in [-0.1, -0.05) is 32.4 Å². The highest BCUT2D eigenvalue weighted by atomic mass is 35.5. The van der Waals surface area contributed by atoms with Crippen molar-refractivity contribution in [3.8, 4) is 11.4 Å². The van der Waals surface area contributed by atoms with E-state index in [1.807, 2.05) is 4.57 Å². The number of pyridine rings is 1. The molecule has 7 heteroatoms. The van der Waals surface area contributed by atoms with Gasteiger partial charge in [0, 0.05) is 12.3 Å². The molecule has 1 aliphatic rings. The maximum absolute atomic E-state index is 12.1. The molecule has 22 heavy (non-hydrogen) atoms. The molecule has 0 saturated heterocycles. The van der Waals surface area contributed by atoms with Crippen LogP contribution in [0.4, 0.5) is 0 Å². The molecular weight excluding hydrogens is 306 g/mol. The molecule has 6 nitrogen and oxygen atoms in total. The average Bonchev–Trinajstić information content (AvgIpc) is 2.77. The second-order valence-corrected chi connectivity index (χ2v) is 6.96. The van der Waals surface area contributed by atoms with Crippen molar-refractivity contribution in [1.29, 1.82) is 0 Å². The van der Waals surface area contributed by atoms with Crippen LogP contribution in [0.25, 0.3) is 11.4 Å². The first-order valence-corrected chi connectivity index (χ1v) is 7.29. The summed E-state index contributed by atoms with van der Waals surface area (Å²) in [4.78, 5) is 23.3. The second-order valence-electron chi connectivity index (χ2n) is 6.55. The Morgan fingerprint density at radius 2 is 2.14 bits per heavy atom. The van der Waals surface area contributed by atoms with Crippen molar-refractivity contribution in [1.82, 2.24) is 14.3 Å². The molecule has 116 valence electrons. The van der Waals surface area contributed by atoms with E-state index >= 15 is 0 Å². The summed E-state index contributed by atoms with van der Waals surface area (Å²) in [5, 5.41) is 13.9. The quantitative estimate of drug-likeness (QED) is 0.876. The number of halogens is 1. The molecule has 3 heterocycles. The number of nitrogens with zero attached hydrogens (tertiary/aromatic N) is 3. The van der Waals surface area contributed by atoms with Gasteiger partial charge in [0.05, 0.1) is 29.5 Å². The first-order valence-electron chi connectivity index (χ1n) is 6.91. The van der Waals surface area contributed by atoms with Crippen molar-refractivity contribution in [3.05, 3.63) is 39.3 Å². The van der Waals surface area contributed by atoms with Crippen molar-refractivity contribution < 1.29 is 9.90 Å². The van der Waals surface area contributed by atoms with Gasteiger partial charge in [-0.3, -0.25) is 9.48 Å². The molecule has 1 N–H and O–H groups in total. The van der Waals surface area contributed by atoms with Gasteiger partial charge in [0.25, 0.3) is 0 Å². The SMILES string of the molecule is CC(C)(C)[C@@H]1Cn2ncc(Cl)c2-c2cc(=O)c(C(=O)O)cn21. The minimum atomic E-state index is -1.22.